The van der Waals surface area contributed by atoms with Crippen LogP contribution >= 0.6 is 0 Å². The molecule has 7 nitrogen and oxygen atoms in total. The van der Waals surface area contributed by atoms with Crippen molar-refractivity contribution >= 4 is 34.4 Å². The Morgan fingerprint density at radius 1 is 0.971 bits per heavy atom. The number of rotatable bonds is 4. The van der Waals surface area contributed by atoms with Gasteiger partial charge in [-0.2, -0.15) is 0 Å². The number of H-pyrrole nitrogens is 1. The molecule has 1 atom stereocenters. The van der Waals surface area contributed by atoms with Crippen molar-refractivity contribution < 1.29 is 14.4 Å². The molecule has 4 amide bonds. The molecule has 174 valence electrons. The highest BCUT2D eigenvalue weighted by molar-refractivity contribution is 6.25. The van der Waals surface area contributed by atoms with Gasteiger partial charge in [-0.3, -0.25) is 9.59 Å². The zero-order valence-corrected chi connectivity index (χ0v) is 19.2. The van der Waals surface area contributed by atoms with Gasteiger partial charge in [0.15, 0.2) is 5.54 Å². The van der Waals surface area contributed by atoms with Gasteiger partial charge in [0.05, 0.1) is 16.9 Å². The van der Waals surface area contributed by atoms with Crippen LogP contribution in [0.1, 0.15) is 34.1 Å². The molecular weight excluding hydrogens is 440 g/mol. The number of benzene rings is 3. The van der Waals surface area contributed by atoms with E-state index in [2.05, 4.69) is 10.3 Å². The average Bonchev–Trinajstić information content (AvgIpc) is 3.37. The largest absolute Gasteiger partial charge is 0.356 e. The summed E-state index contributed by atoms with van der Waals surface area (Å²) in [7, 11) is 0. The van der Waals surface area contributed by atoms with Crippen molar-refractivity contribution in [2.75, 3.05) is 11.4 Å². The van der Waals surface area contributed by atoms with Gasteiger partial charge in [-0.1, -0.05) is 60.7 Å². The molecule has 35 heavy (non-hydrogen) atoms. The summed E-state index contributed by atoms with van der Waals surface area (Å²) < 4.78 is 0. The highest BCUT2D eigenvalue weighted by atomic mass is 16.2. The van der Waals surface area contributed by atoms with Gasteiger partial charge in [0.25, 0.3) is 11.8 Å². The van der Waals surface area contributed by atoms with E-state index in [0.717, 1.165) is 32.6 Å². The Bertz CT molecular complexity index is 1490. The minimum Gasteiger partial charge on any atom is -0.356 e. The Kier molecular flexibility index (Phi) is 4.74. The quantitative estimate of drug-likeness (QED) is 0.441. The molecule has 0 aliphatic carbocycles. The summed E-state index contributed by atoms with van der Waals surface area (Å²) in [4.78, 5) is 46.9. The number of amides is 4. The Morgan fingerprint density at radius 2 is 1.69 bits per heavy atom. The third kappa shape index (κ3) is 3.08. The zero-order valence-electron chi connectivity index (χ0n) is 19.2. The van der Waals surface area contributed by atoms with E-state index in [1.54, 1.807) is 36.1 Å². The number of carbonyl (C=O) groups is 3. The predicted molar refractivity (Wildman–Crippen MR) is 133 cm³/mol. The molecule has 1 aromatic heterocycles. The summed E-state index contributed by atoms with van der Waals surface area (Å²) >= 11 is 0. The van der Waals surface area contributed by atoms with E-state index in [1.165, 1.54) is 0 Å². The maximum Gasteiger partial charge on any atom is 0.332 e. The lowest BCUT2D eigenvalue weighted by Gasteiger charge is -2.35. The summed E-state index contributed by atoms with van der Waals surface area (Å²) in [6.07, 6.45) is 0.654. The molecule has 7 heteroatoms. The van der Waals surface area contributed by atoms with E-state index in [-0.39, 0.29) is 17.4 Å². The average molecular weight is 465 g/mol. The molecule has 1 saturated heterocycles. The SMILES string of the molecule is CC12C(=O)N(c3ccccc3C(=O)NCc3ccccc3)C(=O)N1CCc1c2[nH]c2ccccc12. The fourth-order valence-corrected chi connectivity index (χ4v) is 5.34. The highest BCUT2D eigenvalue weighted by Crippen LogP contribution is 2.45. The second-order valence-electron chi connectivity index (χ2n) is 9.11. The second-order valence-corrected chi connectivity index (χ2v) is 9.11. The molecule has 2 aliphatic heterocycles. The van der Waals surface area contributed by atoms with Gasteiger partial charge in [-0.25, -0.2) is 9.69 Å². The van der Waals surface area contributed by atoms with Crippen LogP contribution in [0.4, 0.5) is 10.5 Å². The molecule has 3 aromatic carbocycles. The number of hydrogen-bond acceptors (Lipinski definition) is 3. The van der Waals surface area contributed by atoms with Gasteiger partial charge in [0.2, 0.25) is 0 Å². The molecule has 1 fully saturated rings. The third-order valence-corrected chi connectivity index (χ3v) is 7.15. The fraction of sp³-hybridized carbons (Fsp3) is 0.179. The van der Waals surface area contributed by atoms with E-state index in [4.69, 9.17) is 0 Å². The molecule has 0 spiro atoms. The Hall–Kier alpha value is -4.39. The first-order valence-corrected chi connectivity index (χ1v) is 11.7. The van der Waals surface area contributed by atoms with Gasteiger partial charge < -0.3 is 15.2 Å². The van der Waals surface area contributed by atoms with Crippen LogP contribution < -0.4 is 10.2 Å². The number of hydrogen-bond donors (Lipinski definition) is 2. The van der Waals surface area contributed by atoms with Crippen molar-refractivity contribution in [3.05, 3.63) is 101 Å². The van der Waals surface area contributed by atoms with E-state index in [0.29, 0.717) is 25.2 Å². The summed E-state index contributed by atoms with van der Waals surface area (Å²) in [5, 5.41) is 3.98. The number of aromatic amines is 1. The van der Waals surface area contributed by atoms with Crippen LogP contribution in [0.5, 0.6) is 0 Å². The number of nitrogens with zero attached hydrogens (tertiary/aromatic N) is 2. The molecule has 6 rings (SSSR count). The highest BCUT2D eigenvalue weighted by Gasteiger charge is 2.59. The van der Waals surface area contributed by atoms with Crippen LogP contribution in [0, 0.1) is 0 Å². The standard InChI is InChI=1S/C28H24N4O3/c1-28-24-20(19-11-5-7-13-22(19)30-24)15-16-31(28)27(35)32(26(28)34)23-14-8-6-12-21(23)25(33)29-17-18-9-3-2-4-10-18/h2-14,30H,15-17H2,1H3,(H,29,33). The second kappa shape index (κ2) is 7.84. The van der Waals surface area contributed by atoms with Crippen LogP contribution in [-0.4, -0.2) is 34.3 Å². The lowest BCUT2D eigenvalue weighted by Crippen LogP contribution is -2.49. The van der Waals surface area contributed by atoms with Crippen LogP contribution in [0.25, 0.3) is 10.9 Å². The minimum absolute atomic E-state index is 0.283. The van der Waals surface area contributed by atoms with E-state index in [9.17, 15) is 14.4 Å². The van der Waals surface area contributed by atoms with Crippen molar-refractivity contribution in [1.82, 2.24) is 15.2 Å². The van der Waals surface area contributed by atoms with Crippen molar-refractivity contribution in [2.24, 2.45) is 0 Å². The fourth-order valence-electron chi connectivity index (χ4n) is 5.34. The van der Waals surface area contributed by atoms with Crippen molar-refractivity contribution in [1.29, 1.82) is 0 Å². The topological polar surface area (TPSA) is 85.5 Å². The van der Waals surface area contributed by atoms with Gasteiger partial charge in [-0.05, 0) is 42.7 Å². The third-order valence-electron chi connectivity index (χ3n) is 7.15. The zero-order chi connectivity index (χ0) is 24.2. The number of imide groups is 1. The minimum atomic E-state index is -1.17. The summed E-state index contributed by atoms with van der Waals surface area (Å²) in [6, 6.07) is 23.9. The Balaban J connectivity index is 1.37. The molecule has 0 saturated carbocycles. The smallest absolute Gasteiger partial charge is 0.332 e. The molecule has 2 aliphatic rings. The first-order chi connectivity index (χ1) is 17.0. The predicted octanol–water partition coefficient (Wildman–Crippen LogP) is 4.34. The first-order valence-electron chi connectivity index (χ1n) is 11.7. The number of carbonyl (C=O) groups excluding carboxylic acids is 3. The van der Waals surface area contributed by atoms with Crippen molar-refractivity contribution in [3.8, 4) is 0 Å². The van der Waals surface area contributed by atoms with Crippen LogP contribution in [0.2, 0.25) is 0 Å². The number of fused-ring (bicyclic) bond motifs is 5. The molecule has 4 aromatic rings. The lowest BCUT2D eigenvalue weighted by molar-refractivity contribution is -0.125. The summed E-state index contributed by atoms with van der Waals surface area (Å²) in [5.41, 5.74) is 3.12. The van der Waals surface area contributed by atoms with Crippen LogP contribution in [0.15, 0.2) is 78.9 Å². The lowest BCUT2D eigenvalue weighted by atomic mass is 9.87. The van der Waals surface area contributed by atoms with E-state index in [1.807, 2.05) is 54.6 Å². The summed E-state index contributed by atoms with van der Waals surface area (Å²) in [5.74, 6) is -0.704. The number of urea groups is 1. The molecule has 0 bridgehead atoms. The van der Waals surface area contributed by atoms with Gasteiger partial charge in [0.1, 0.15) is 0 Å². The monoisotopic (exact) mass is 464 g/mol. The van der Waals surface area contributed by atoms with Gasteiger partial charge in [0, 0.05) is 24.0 Å². The van der Waals surface area contributed by atoms with Gasteiger partial charge >= 0.3 is 6.03 Å². The summed E-state index contributed by atoms with van der Waals surface area (Å²) in [6.45, 7) is 2.56. The molecule has 1 unspecified atom stereocenters. The van der Waals surface area contributed by atoms with E-state index < -0.39 is 11.6 Å². The number of aromatic nitrogens is 1. The first kappa shape index (κ1) is 21.2. The maximum atomic E-state index is 14.0. The maximum absolute atomic E-state index is 14.0. The van der Waals surface area contributed by atoms with Crippen molar-refractivity contribution in [2.45, 2.75) is 25.4 Å². The molecule has 0 radical (unpaired) electrons. The Labute approximate surface area is 202 Å². The van der Waals surface area contributed by atoms with Crippen LogP contribution in [-0.2, 0) is 23.3 Å². The number of nitrogens with one attached hydrogen (secondary N) is 2. The number of anilines is 1. The number of para-hydroxylation sites is 2. The molecule has 3 heterocycles. The molecular formula is C28H24N4O3. The van der Waals surface area contributed by atoms with Crippen molar-refractivity contribution in [3.63, 3.8) is 0 Å². The van der Waals surface area contributed by atoms with Crippen LogP contribution in [0.3, 0.4) is 0 Å². The molecule has 2 N–H and O–H groups in total. The normalized spacial score (nSPS) is 19.1. The van der Waals surface area contributed by atoms with E-state index >= 15 is 0 Å². The van der Waals surface area contributed by atoms with Gasteiger partial charge in [-0.15, -0.1) is 0 Å². The Morgan fingerprint density at radius 3 is 2.51 bits per heavy atom.